The van der Waals surface area contributed by atoms with Gasteiger partial charge in [0.1, 0.15) is 5.02 Å². The summed E-state index contributed by atoms with van der Waals surface area (Å²) in [6.45, 7) is 0.940. The number of aliphatic hydroxyl groups excluding tert-OH is 1. The van der Waals surface area contributed by atoms with Crippen molar-refractivity contribution < 1.29 is 18.4 Å². The number of aryl methyl sites for hydroxylation is 1. The maximum Gasteiger partial charge on any atom is 0.289 e. The van der Waals surface area contributed by atoms with E-state index in [2.05, 4.69) is 4.72 Å². The van der Waals surface area contributed by atoms with Gasteiger partial charge in [-0.15, -0.1) is 0 Å². The number of sulfonamides is 1. The number of benzene rings is 1. The Bertz CT molecular complexity index is 573. The summed E-state index contributed by atoms with van der Waals surface area (Å²) in [5.41, 5.74) is -0.192. The number of hydrogen-bond donors (Lipinski definition) is 2. The molecule has 0 aliphatic heterocycles. The van der Waals surface area contributed by atoms with Crippen LogP contribution in [0.15, 0.2) is 17.0 Å². The lowest BCUT2D eigenvalue weighted by Crippen LogP contribution is -2.27. The maximum absolute atomic E-state index is 11.8. The zero-order chi connectivity index (χ0) is 13.9. The van der Waals surface area contributed by atoms with Crippen molar-refractivity contribution in [3.05, 3.63) is 32.8 Å². The van der Waals surface area contributed by atoms with Crippen LogP contribution < -0.4 is 4.72 Å². The van der Waals surface area contributed by atoms with E-state index in [0.717, 1.165) is 6.07 Å². The second-order valence-electron chi connectivity index (χ2n) is 3.45. The van der Waals surface area contributed by atoms with Gasteiger partial charge in [0.15, 0.2) is 0 Å². The second kappa shape index (κ2) is 5.61. The molecule has 1 aromatic rings. The lowest BCUT2D eigenvalue weighted by atomic mass is 10.2. The van der Waals surface area contributed by atoms with Crippen molar-refractivity contribution in [1.29, 1.82) is 0 Å². The summed E-state index contributed by atoms with van der Waals surface area (Å²) >= 11 is 5.65. The van der Waals surface area contributed by atoms with Crippen LogP contribution in [0, 0.1) is 17.0 Å². The van der Waals surface area contributed by atoms with Crippen LogP contribution in [0.4, 0.5) is 5.69 Å². The van der Waals surface area contributed by atoms with Crippen LogP contribution >= 0.6 is 11.6 Å². The molecule has 9 heteroatoms. The molecule has 100 valence electrons. The monoisotopic (exact) mass is 294 g/mol. The molecule has 0 aliphatic carbocycles. The van der Waals surface area contributed by atoms with E-state index in [1.165, 1.54) is 13.0 Å². The SMILES string of the molecule is Cc1cc(Cl)c([N+](=O)[O-])cc1S(=O)(=O)NCCO. The Balaban J connectivity index is 3.33. The van der Waals surface area contributed by atoms with Crippen LogP contribution in [0.3, 0.4) is 0 Å². The summed E-state index contributed by atoms with van der Waals surface area (Å²) in [5.74, 6) is 0. The highest BCUT2D eigenvalue weighted by molar-refractivity contribution is 7.89. The predicted molar refractivity (Wildman–Crippen MR) is 65.1 cm³/mol. The van der Waals surface area contributed by atoms with Gasteiger partial charge in [-0.05, 0) is 18.6 Å². The molecule has 0 saturated heterocycles. The molecule has 0 bridgehead atoms. The van der Waals surface area contributed by atoms with Crippen molar-refractivity contribution in [2.75, 3.05) is 13.2 Å². The summed E-state index contributed by atoms with van der Waals surface area (Å²) in [7, 11) is -3.90. The van der Waals surface area contributed by atoms with Gasteiger partial charge in [-0.2, -0.15) is 0 Å². The van der Waals surface area contributed by atoms with Crippen molar-refractivity contribution in [3.63, 3.8) is 0 Å². The van der Waals surface area contributed by atoms with Crippen molar-refractivity contribution in [1.82, 2.24) is 4.72 Å². The van der Waals surface area contributed by atoms with Crippen molar-refractivity contribution in [2.45, 2.75) is 11.8 Å². The highest BCUT2D eigenvalue weighted by atomic mass is 35.5. The van der Waals surface area contributed by atoms with Crippen LogP contribution in [-0.4, -0.2) is 31.6 Å². The molecule has 0 spiro atoms. The van der Waals surface area contributed by atoms with E-state index in [-0.39, 0.29) is 28.6 Å². The molecule has 0 heterocycles. The van der Waals surface area contributed by atoms with Gasteiger partial charge in [0, 0.05) is 12.6 Å². The van der Waals surface area contributed by atoms with Crippen molar-refractivity contribution >= 4 is 27.3 Å². The molecule has 2 N–H and O–H groups in total. The summed E-state index contributed by atoms with van der Waals surface area (Å²) in [4.78, 5) is 9.71. The number of rotatable bonds is 5. The molecule has 0 radical (unpaired) electrons. The number of nitro groups is 1. The zero-order valence-corrected chi connectivity index (χ0v) is 11.0. The standard InChI is InChI=1S/C9H11ClN2O5S/c1-6-4-7(10)8(12(14)15)5-9(6)18(16,17)11-2-3-13/h4-5,11,13H,2-3H2,1H3. The number of halogens is 1. The third-order valence-electron chi connectivity index (χ3n) is 2.13. The quantitative estimate of drug-likeness (QED) is 0.617. The molecule has 18 heavy (non-hydrogen) atoms. The van der Waals surface area contributed by atoms with Crippen LogP contribution in [0.5, 0.6) is 0 Å². The molecule has 0 atom stereocenters. The van der Waals surface area contributed by atoms with E-state index in [0.29, 0.717) is 0 Å². The Hall–Kier alpha value is -1.22. The summed E-state index contributed by atoms with van der Waals surface area (Å²) in [6.07, 6.45) is 0. The summed E-state index contributed by atoms with van der Waals surface area (Å²) < 4.78 is 25.7. The molecule has 0 aliphatic rings. The number of nitro benzene ring substituents is 1. The fraction of sp³-hybridized carbons (Fsp3) is 0.333. The van der Waals surface area contributed by atoms with Crippen molar-refractivity contribution in [2.24, 2.45) is 0 Å². The van der Waals surface area contributed by atoms with Gasteiger partial charge in [0.25, 0.3) is 5.69 Å². The number of aliphatic hydroxyl groups is 1. The van der Waals surface area contributed by atoms with E-state index in [1.807, 2.05) is 0 Å². The third-order valence-corrected chi connectivity index (χ3v) is 4.04. The minimum Gasteiger partial charge on any atom is -0.395 e. The number of nitrogens with one attached hydrogen (secondary N) is 1. The Morgan fingerprint density at radius 1 is 1.50 bits per heavy atom. The average Bonchev–Trinajstić information content (AvgIpc) is 2.25. The average molecular weight is 295 g/mol. The minimum atomic E-state index is -3.90. The fourth-order valence-corrected chi connectivity index (χ4v) is 2.88. The Labute approximate surface area is 109 Å². The first kappa shape index (κ1) is 14.8. The highest BCUT2D eigenvalue weighted by Crippen LogP contribution is 2.29. The number of nitrogens with zero attached hydrogens (tertiary/aromatic N) is 1. The van der Waals surface area contributed by atoms with Gasteiger partial charge < -0.3 is 5.11 Å². The maximum atomic E-state index is 11.8. The zero-order valence-electron chi connectivity index (χ0n) is 9.38. The molecule has 0 saturated carbocycles. The number of hydrogen-bond acceptors (Lipinski definition) is 5. The van der Waals surface area contributed by atoms with Gasteiger partial charge in [0.2, 0.25) is 10.0 Å². The molecule has 0 fully saturated rings. The largest absolute Gasteiger partial charge is 0.395 e. The van der Waals surface area contributed by atoms with Crippen LogP contribution in [0.2, 0.25) is 5.02 Å². The fourth-order valence-electron chi connectivity index (χ4n) is 1.33. The normalized spacial score (nSPS) is 11.5. The third kappa shape index (κ3) is 3.16. The van der Waals surface area contributed by atoms with Gasteiger partial charge in [-0.1, -0.05) is 11.6 Å². The molecule has 0 unspecified atom stereocenters. The molecule has 0 aromatic heterocycles. The lowest BCUT2D eigenvalue weighted by Gasteiger charge is -2.08. The van der Waals surface area contributed by atoms with E-state index in [9.17, 15) is 18.5 Å². The molecule has 1 aromatic carbocycles. The molecular weight excluding hydrogens is 284 g/mol. The first-order chi connectivity index (χ1) is 8.29. The molecule has 7 nitrogen and oxygen atoms in total. The van der Waals surface area contributed by atoms with Gasteiger partial charge >= 0.3 is 0 Å². The van der Waals surface area contributed by atoms with Gasteiger partial charge in [-0.3, -0.25) is 10.1 Å². The van der Waals surface area contributed by atoms with Crippen LogP contribution in [0.1, 0.15) is 5.56 Å². The first-order valence-corrected chi connectivity index (χ1v) is 6.70. The van der Waals surface area contributed by atoms with E-state index >= 15 is 0 Å². The van der Waals surface area contributed by atoms with E-state index < -0.39 is 20.6 Å². The van der Waals surface area contributed by atoms with Crippen LogP contribution in [-0.2, 0) is 10.0 Å². The van der Waals surface area contributed by atoms with Gasteiger partial charge in [0.05, 0.1) is 16.4 Å². The minimum absolute atomic E-state index is 0.126. The Morgan fingerprint density at radius 2 is 2.11 bits per heavy atom. The summed E-state index contributed by atoms with van der Waals surface area (Å²) in [5, 5.41) is 19.1. The molecule has 0 amide bonds. The van der Waals surface area contributed by atoms with E-state index in [4.69, 9.17) is 16.7 Å². The van der Waals surface area contributed by atoms with Crippen molar-refractivity contribution in [3.8, 4) is 0 Å². The van der Waals surface area contributed by atoms with Crippen LogP contribution in [0.25, 0.3) is 0 Å². The summed E-state index contributed by atoms with van der Waals surface area (Å²) in [6, 6.07) is 2.12. The smallest absolute Gasteiger partial charge is 0.289 e. The Morgan fingerprint density at radius 3 is 2.61 bits per heavy atom. The van der Waals surface area contributed by atoms with Gasteiger partial charge in [-0.25, -0.2) is 13.1 Å². The lowest BCUT2D eigenvalue weighted by molar-refractivity contribution is -0.384. The topological polar surface area (TPSA) is 110 Å². The van der Waals surface area contributed by atoms with E-state index in [1.54, 1.807) is 0 Å². The molecular formula is C9H11ClN2O5S. The predicted octanol–water partition coefficient (Wildman–Crippen LogP) is 0.827. The highest BCUT2D eigenvalue weighted by Gasteiger charge is 2.22. The molecule has 1 rings (SSSR count). The Kier molecular flexibility index (Phi) is 4.63. The second-order valence-corrected chi connectivity index (χ2v) is 5.59. The first-order valence-electron chi connectivity index (χ1n) is 4.84.